The molecule has 1 aliphatic rings. The van der Waals surface area contributed by atoms with E-state index in [-0.39, 0.29) is 11.3 Å². The van der Waals surface area contributed by atoms with Gasteiger partial charge in [-0.05, 0) is 37.8 Å². The standard InChI is InChI=1S/C13H18ClNO2/c1-9-5-7-15(8-6-9)13(16)12-4-3-11(17-12)10(2)14/h3-4,9-10H,5-8H2,1-2H3. The number of amides is 1. The average molecular weight is 256 g/mol. The van der Waals surface area contributed by atoms with E-state index in [2.05, 4.69) is 6.92 Å². The molecule has 94 valence electrons. The average Bonchev–Trinajstić information content (AvgIpc) is 2.78. The number of rotatable bonds is 2. The highest BCUT2D eigenvalue weighted by atomic mass is 35.5. The number of piperidine rings is 1. The molecule has 0 N–H and O–H groups in total. The minimum atomic E-state index is -0.196. The summed E-state index contributed by atoms with van der Waals surface area (Å²) in [5, 5.41) is -0.196. The van der Waals surface area contributed by atoms with Gasteiger partial charge in [0.05, 0.1) is 5.38 Å². The van der Waals surface area contributed by atoms with Gasteiger partial charge in [0.2, 0.25) is 0 Å². The van der Waals surface area contributed by atoms with Gasteiger partial charge in [-0.25, -0.2) is 0 Å². The first kappa shape index (κ1) is 12.5. The molecule has 1 aromatic heterocycles. The van der Waals surface area contributed by atoms with Crippen LogP contribution in [0.25, 0.3) is 0 Å². The number of hydrogen-bond acceptors (Lipinski definition) is 2. The highest BCUT2D eigenvalue weighted by molar-refractivity contribution is 6.20. The van der Waals surface area contributed by atoms with Crippen molar-refractivity contribution in [3.8, 4) is 0 Å². The number of carbonyl (C=O) groups excluding carboxylic acids is 1. The molecular formula is C13H18ClNO2. The number of furan rings is 1. The van der Waals surface area contributed by atoms with E-state index in [0.29, 0.717) is 17.4 Å². The van der Waals surface area contributed by atoms with Crippen molar-refractivity contribution in [1.29, 1.82) is 0 Å². The molecule has 17 heavy (non-hydrogen) atoms. The Bertz CT molecular complexity index is 392. The highest BCUT2D eigenvalue weighted by Gasteiger charge is 2.23. The minimum Gasteiger partial charge on any atom is -0.454 e. The van der Waals surface area contributed by atoms with Crippen molar-refractivity contribution in [3.63, 3.8) is 0 Å². The van der Waals surface area contributed by atoms with Gasteiger partial charge in [0.25, 0.3) is 5.91 Å². The third kappa shape index (κ3) is 2.83. The third-order valence-electron chi connectivity index (χ3n) is 3.30. The first-order chi connectivity index (χ1) is 8.08. The van der Waals surface area contributed by atoms with Gasteiger partial charge in [-0.3, -0.25) is 4.79 Å². The quantitative estimate of drug-likeness (QED) is 0.759. The van der Waals surface area contributed by atoms with Gasteiger partial charge in [-0.2, -0.15) is 0 Å². The predicted molar refractivity (Wildman–Crippen MR) is 67.3 cm³/mol. The molecule has 3 nitrogen and oxygen atoms in total. The van der Waals surface area contributed by atoms with Crippen molar-refractivity contribution in [2.45, 2.75) is 32.1 Å². The van der Waals surface area contributed by atoms with Gasteiger partial charge in [0.15, 0.2) is 5.76 Å². The Labute approximate surface area is 107 Å². The molecule has 1 saturated heterocycles. The predicted octanol–water partition coefficient (Wildman–Crippen LogP) is 3.45. The Morgan fingerprint density at radius 1 is 1.47 bits per heavy atom. The summed E-state index contributed by atoms with van der Waals surface area (Å²) in [4.78, 5) is 14.0. The summed E-state index contributed by atoms with van der Waals surface area (Å²) in [6.07, 6.45) is 2.15. The maximum absolute atomic E-state index is 12.1. The summed E-state index contributed by atoms with van der Waals surface area (Å²) in [5.41, 5.74) is 0. The van der Waals surface area contributed by atoms with E-state index in [1.165, 1.54) is 0 Å². The summed E-state index contributed by atoms with van der Waals surface area (Å²) >= 11 is 5.91. The van der Waals surface area contributed by atoms with Crippen molar-refractivity contribution >= 4 is 17.5 Å². The number of hydrogen-bond donors (Lipinski definition) is 0. The molecule has 2 rings (SSSR count). The fourth-order valence-corrected chi connectivity index (χ4v) is 2.17. The Morgan fingerprint density at radius 3 is 2.65 bits per heavy atom. The van der Waals surface area contributed by atoms with Crippen molar-refractivity contribution < 1.29 is 9.21 Å². The van der Waals surface area contributed by atoms with Crippen molar-refractivity contribution in [1.82, 2.24) is 4.90 Å². The Hall–Kier alpha value is -0.960. The molecule has 1 fully saturated rings. The van der Waals surface area contributed by atoms with E-state index >= 15 is 0 Å². The summed E-state index contributed by atoms with van der Waals surface area (Å²) in [5.74, 6) is 1.76. The molecule has 0 bridgehead atoms. The number of likely N-dealkylation sites (tertiary alicyclic amines) is 1. The van der Waals surface area contributed by atoms with Crippen molar-refractivity contribution in [2.75, 3.05) is 13.1 Å². The molecule has 1 aliphatic heterocycles. The van der Waals surface area contributed by atoms with E-state index in [0.717, 1.165) is 25.9 Å². The van der Waals surface area contributed by atoms with E-state index < -0.39 is 0 Å². The minimum absolute atomic E-state index is 0.0135. The molecule has 1 unspecified atom stereocenters. The number of alkyl halides is 1. The smallest absolute Gasteiger partial charge is 0.289 e. The van der Waals surface area contributed by atoms with E-state index in [4.69, 9.17) is 16.0 Å². The maximum Gasteiger partial charge on any atom is 0.289 e. The normalized spacial score (nSPS) is 19.4. The lowest BCUT2D eigenvalue weighted by Gasteiger charge is -2.29. The first-order valence-electron chi connectivity index (χ1n) is 6.11. The van der Waals surface area contributed by atoms with Gasteiger partial charge in [0, 0.05) is 13.1 Å². The fraction of sp³-hybridized carbons (Fsp3) is 0.615. The molecule has 1 atom stereocenters. The van der Waals surface area contributed by atoms with Crippen LogP contribution in [0.5, 0.6) is 0 Å². The largest absolute Gasteiger partial charge is 0.454 e. The van der Waals surface area contributed by atoms with Crippen LogP contribution in [0.15, 0.2) is 16.5 Å². The molecule has 1 amide bonds. The van der Waals surface area contributed by atoms with E-state index in [1.54, 1.807) is 12.1 Å². The van der Waals surface area contributed by atoms with Gasteiger partial charge < -0.3 is 9.32 Å². The lowest BCUT2D eigenvalue weighted by atomic mass is 9.99. The van der Waals surface area contributed by atoms with Crippen LogP contribution >= 0.6 is 11.6 Å². The fourth-order valence-electron chi connectivity index (χ4n) is 2.05. The molecular weight excluding hydrogens is 238 g/mol. The zero-order chi connectivity index (χ0) is 12.4. The lowest BCUT2D eigenvalue weighted by molar-refractivity contribution is 0.0663. The number of nitrogens with zero attached hydrogens (tertiary/aromatic N) is 1. The van der Waals surface area contributed by atoms with Crippen LogP contribution in [-0.4, -0.2) is 23.9 Å². The highest BCUT2D eigenvalue weighted by Crippen LogP contribution is 2.24. The van der Waals surface area contributed by atoms with Crippen LogP contribution < -0.4 is 0 Å². The third-order valence-corrected chi connectivity index (χ3v) is 3.52. The zero-order valence-electron chi connectivity index (χ0n) is 10.3. The number of halogens is 1. The second-order valence-electron chi connectivity index (χ2n) is 4.79. The van der Waals surface area contributed by atoms with Gasteiger partial charge in [-0.15, -0.1) is 11.6 Å². The molecule has 0 aromatic carbocycles. The van der Waals surface area contributed by atoms with Crippen LogP contribution in [-0.2, 0) is 0 Å². The second kappa shape index (κ2) is 5.13. The van der Waals surface area contributed by atoms with Crippen LogP contribution in [0.3, 0.4) is 0 Å². The molecule has 0 aliphatic carbocycles. The summed E-state index contributed by atoms with van der Waals surface area (Å²) in [7, 11) is 0. The topological polar surface area (TPSA) is 33.5 Å². The van der Waals surface area contributed by atoms with E-state index in [9.17, 15) is 4.79 Å². The SMILES string of the molecule is CC1CCN(C(=O)c2ccc(C(C)Cl)o2)CC1. The molecule has 4 heteroatoms. The van der Waals surface area contributed by atoms with Crippen molar-refractivity contribution in [2.24, 2.45) is 5.92 Å². The Kier molecular flexibility index (Phi) is 3.77. The summed E-state index contributed by atoms with van der Waals surface area (Å²) < 4.78 is 5.46. The van der Waals surface area contributed by atoms with Crippen LogP contribution in [0.2, 0.25) is 0 Å². The van der Waals surface area contributed by atoms with Crippen LogP contribution in [0.1, 0.15) is 48.4 Å². The lowest BCUT2D eigenvalue weighted by Crippen LogP contribution is -2.37. The second-order valence-corrected chi connectivity index (χ2v) is 5.45. The van der Waals surface area contributed by atoms with Crippen molar-refractivity contribution in [3.05, 3.63) is 23.7 Å². The summed E-state index contributed by atoms with van der Waals surface area (Å²) in [6, 6.07) is 3.49. The van der Waals surface area contributed by atoms with Crippen LogP contribution in [0.4, 0.5) is 0 Å². The van der Waals surface area contributed by atoms with Gasteiger partial charge >= 0.3 is 0 Å². The number of carbonyl (C=O) groups is 1. The molecule has 2 heterocycles. The molecule has 0 spiro atoms. The Morgan fingerprint density at radius 2 is 2.12 bits per heavy atom. The summed E-state index contributed by atoms with van der Waals surface area (Å²) in [6.45, 7) is 5.71. The zero-order valence-corrected chi connectivity index (χ0v) is 11.0. The maximum atomic E-state index is 12.1. The Balaban J connectivity index is 2.03. The molecule has 0 radical (unpaired) electrons. The molecule has 0 saturated carbocycles. The first-order valence-corrected chi connectivity index (χ1v) is 6.54. The van der Waals surface area contributed by atoms with Gasteiger partial charge in [-0.1, -0.05) is 6.92 Å². The monoisotopic (exact) mass is 255 g/mol. The van der Waals surface area contributed by atoms with Crippen LogP contribution in [0, 0.1) is 5.92 Å². The van der Waals surface area contributed by atoms with Gasteiger partial charge in [0.1, 0.15) is 5.76 Å². The molecule has 1 aromatic rings. The van der Waals surface area contributed by atoms with E-state index in [1.807, 2.05) is 11.8 Å².